The van der Waals surface area contributed by atoms with E-state index in [1.807, 2.05) is 4.90 Å². The summed E-state index contributed by atoms with van der Waals surface area (Å²) in [5.41, 5.74) is 2.69. The summed E-state index contributed by atoms with van der Waals surface area (Å²) in [6.45, 7) is 4.52. The molecular formula is C27H24FN7O3. The SMILES string of the molecule is CC(O)=C(C#N)C(=O)N1CCN(c2ccc(NC(=O)c3cnn(-c4ccc(F)cc4)c3C)cc2C#N)CC1. The van der Waals surface area contributed by atoms with Crippen molar-refractivity contribution in [3.8, 4) is 17.8 Å². The van der Waals surface area contributed by atoms with Crippen molar-refractivity contribution in [2.75, 3.05) is 36.4 Å². The third-order valence-electron chi connectivity index (χ3n) is 6.30. The van der Waals surface area contributed by atoms with Gasteiger partial charge in [-0.2, -0.15) is 15.6 Å². The summed E-state index contributed by atoms with van der Waals surface area (Å²) in [7, 11) is 0. The number of carbonyl (C=O) groups is 2. The maximum atomic E-state index is 13.2. The first-order chi connectivity index (χ1) is 18.2. The summed E-state index contributed by atoms with van der Waals surface area (Å²) in [5.74, 6) is -1.61. The molecule has 2 aromatic carbocycles. The number of benzene rings is 2. The number of piperazine rings is 1. The Bertz CT molecular complexity index is 1500. The van der Waals surface area contributed by atoms with E-state index in [1.165, 1.54) is 30.2 Å². The largest absolute Gasteiger partial charge is 0.511 e. The first-order valence-corrected chi connectivity index (χ1v) is 11.7. The van der Waals surface area contributed by atoms with Crippen LogP contribution in [0.25, 0.3) is 5.69 Å². The Labute approximate surface area is 218 Å². The Balaban J connectivity index is 1.45. The average molecular weight is 514 g/mol. The van der Waals surface area contributed by atoms with Gasteiger partial charge in [0, 0.05) is 31.9 Å². The van der Waals surface area contributed by atoms with Gasteiger partial charge in [0.05, 0.1) is 34.4 Å². The molecule has 38 heavy (non-hydrogen) atoms. The molecule has 0 bridgehead atoms. The zero-order valence-corrected chi connectivity index (χ0v) is 20.8. The van der Waals surface area contributed by atoms with Crippen molar-refractivity contribution in [2.45, 2.75) is 13.8 Å². The second kappa shape index (κ2) is 10.8. The highest BCUT2D eigenvalue weighted by Crippen LogP contribution is 2.26. The fraction of sp³-hybridized carbons (Fsp3) is 0.222. The monoisotopic (exact) mass is 513 g/mol. The standard InChI is InChI=1S/C27H24FN7O3/c1-17-24(16-31-35(17)22-6-3-20(28)4-7-22)26(37)32-21-5-8-25(19(13-21)14-29)33-9-11-34(12-10-33)27(38)23(15-30)18(2)36/h3-8,13,16,36H,9-12H2,1-2H3,(H,32,37). The topological polar surface area (TPSA) is 138 Å². The summed E-state index contributed by atoms with van der Waals surface area (Å²) >= 11 is 0. The van der Waals surface area contributed by atoms with Gasteiger partial charge in [0.2, 0.25) is 0 Å². The number of aliphatic hydroxyl groups excluding tert-OH is 1. The van der Waals surface area contributed by atoms with Gasteiger partial charge in [-0.15, -0.1) is 0 Å². The van der Waals surface area contributed by atoms with Crippen LogP contribution in [0.1, 0.15) is 28.5 Å². The Hall–Kier alpha value is -5.16. The Morgan fingerprint density at radius 3 is 2.37 bits per heavy atom. The summed E-state index contributed by atoms with van der Waals surface area (Å²) in [6, 6.07) is 14.7. The van der Waals surface area contributed by atoms with Crippen LogP contribution in [-0.4, -0.2) is 57.8 Å². The molecule has 3 aromatic rings. The van der Waals surface area contributed by atoms with Gasteiger partial charge in [0.25, 0.3) is 11.8 Å². The predicted molar refractivity (Wildman–Crippen MR) is 137 cm³/mol. The van der Waals surface area contributed by atoms with Gasteiger partial charge in [-0.05, 0) is 56.3 Å². The Morgan fingerprint density at radius 1 is 1.08 bits per heavy atom. The van der Waals surface area contributed by atoms with Crippen LogP contribution in [-0.2, 0) is 4.79 Å². The number of nitrogens with zero attached hydrogens (tertiary/aromatic N) is 6. The van der Waals surface area contributed by atoms with E-state index in [1.54, 1.807) is 48.0 Å². The second-order valence-corrected chi connectivity index (χ2v) is 8.68. The average Bonchev–Trinajstić information content (AvgIpc) is 3.30. The molecule has 2 N–H and O–H groups in total. The summed E-state index contributed by atoms with van der Waals surface area (Å²) in [4.78, 5) is 28.9. The minimum Gasteiger partial charge on any atom is -0.511 e. The van der Waals surface area contributed by atoms with Crippen LogP contribution in [0, 0.1) is 35.4 Å². The maximum Gasteiger partial charge on any atom is 0.268 e. The van der Waals surface area contributed by atoms with E-state index in [0.29, 0.717) is 60.1 Å². The summed E-state index contributed by atoms with van der Waals surface area (Å²) in [5, 5.41) is 35.5. The number of aromatic nitrogens is 2. The van der Waals surface area contributed by atoms with Gasteiger partial charge in [-0.3, -0.25) is 9.59 Å². The van der Waals surface area contributed by atoms with Gasteiger partial charge in [-0.1, -0.05) is 0 Å². The number of nitrogens with one attached hydrogen (secondary N) is 1. The normalized spacial score (nSPS) is 13.8. The number of allylic oxidation sites excluding steroid dienone is 1. The smallest absolute Gasteiger partial charge is 0.268 e. The van der Waals surface area contributed by atoms with Gasteiger partial charge in [0.15, 0.2) is 5.57 Å². The molecule has 192 valence electrons. The van der Waals surface area contributed by atoms with Crippen molar-refractivity contribution < 1.29 is 19.1 Å². The molecule has 0 aliphatic carbocycles. The molecule has 10 nitrogen and oxygen atoms in total. The van der Waals surface area contributed by atoms with Crippen molar-refractivity contribution >= 4 is 23.2 Å². The third kappa shape index (κ3) is 5.18. The molecule has 0 radical (unpaired) electrons. The minimum atomic E-state index is -0.524. The van der Waals surface area contributed by atoms with Crippen LogP contribution in [0.15, 0.2) is 60.0 Å². The van der Waals surface area contributed by atoms with Crippen LogP contribution < -0.4 is 10.2 Å². The second-order valence-electron chi connectivity index (χ2n) is 8.68. The molecule has 1 aliphatic rings. The van der Waals surface area contributed by atoms with Crippen LogP contribution >= 0.6 is 0 Å². The number of anilines is 2. The van der Waals surface area contributed by atoms with Crippen LogP contribution in [0.4, 0.5) is 15.8 Å². The number of nitriles is 2. The molecule has 1 aromatic heterocycles. The van der Waals surface area contributed by atoms with E-state index in [4.69, 9.17) is 5.26 Å². The quantitative estimate of drug-likeness (QED) is 0.303. The van der Waals surface area contributed by atoms with Crippen molar-refractivity contribution in [2.24, 2.45) is 0 Å². The number of hydrogen-bond donors (Lipinski definition) is 2. The van der Waals surface area contributed by atoms with Crippen molar-refractivity contribution in [1.82, 2.24) is 14.7 Å². The van der Waals surface area contributed by atoms with E-state index in [2.05, 4.69) is 16.5 Å². The van der Waals surface area contributed by atoms with E-state index in [-0.39, 0.29) is 17.1 Å². The number of rotatable bonds is 5. The molecule has 0 atom stereocenters. The molecule has 11 heteroatoms. The lowest BCUT2D eigenvalue weighted by atomic mass is 10.1. The molecule has 2 amide bonds. The highest BCUT2D eigenvalue weighted by molar-refractivity contribution is 6.05. The molecule has 0 unspecified atom stereocenters. The highest BCUT2D eigenvalue weighted by atomic mass is 19.1. The molecule has 0 saturated carbocycles. The van der Waals surface area contributed by atoms with Crippen LogP contribution in [0.2, 0.25) is 0 Å². The summed E-state index contributed by atoms with van der Waals surface area (Å²) < 4.78 is 14.8. The third-order valence-corrected chi connectivity index (χ3v) is 6.30. The molecule has 1 saturated heterocycles. The van der Waals surface area contributed by atoms with Gasteiger partial charge >= 0.3 is 0 Å². The lowest BCUT2D eigenvalue weighted by Gasteiger charge is -2.36. The molecule has 0 spiro atoms. The molecule has 1 fully saturated rings. The highest BCUT2D eigenvalue weighted by Gasteiger charge is 2.26. The number of carbonyl (C=O) groups excluding carboxylic acids is 2. The fourth-order valence-corrected chi connectivity index (χ4v) is 4.24. The van der Waals surface area contributed by atoms with E-state index in [9.17, 15) is 24.3 Å². The van der Waals surface area contributed by atoms with Gasteiger partial charge < -0.3 is 20.2 Å². The number of aliphatic hydroxyl groups is 1. The lowest BCUT2D eigenvalue weighted by molar-refractivity contribution is -0.127. The Morgan fingerprint density at radius 2 is 1.76 bits per heavy atom. The van der Waals surface area contributed by atoms with Crippen LogP contribution in [0.5, 0.6) is 0 Å². The lowest BCUT2D eigenvalue weighted by Crippen LogP contribution is -2.49. The van der Waals surface area contributed by atoms with Crippen molar-refractivity contribution in [3.63, 3.8) is 0 Å². The molecule has 2 heterocycles. The number of halogens is 1. The maximum absolute atomic E-state index is 13.2. The first-order valence-electron chi connectivity index (χ1n) is 11.7. The molecular weight excluding hydrogens is 489 g/mol. The predicted octanol–water partition coefficient (Wildman–Crippen LogP) is 3.45. The van der Waals surface area contributed by atoms with E-state index < -0.39 is 11.8 Å². The van der Waals surface area contributed by atoms with Crippen molar-refractivity contribution in [3.05, 3.63) is 82.6 Å². The van der Waals surface area contributed by atoms with Crippen molar-refractivity contribution in [1.29, 1.82) is 10.5 Å². The van der Waals surface area contributed by atoms with Gasteiger partial charge in [-0.25, -0.2) is 9.07 Å². The van der Waals surface area contributed by atoms with E-state index >= 15 is 0 Å². The Kier molecular flexibility index (Phi) is 7.40. The zero-order chi connectivity index (χ0) is 27.4. The van der Waals surface area contributed by atoms with Gasteiger partial charge in [0.1, 0.15) is 23.7 Å². The number of hydrogen-bond acceptors (Lipinski definition) is 7. The number of amides is 2. The van der Waals surface area contributed by atoms with E-state index in [0.717, 1.165) is 0 Å². The van der Waals surface area contributed by atoms with Crippen LogP contribution in [0.3, 0.4) is 0 Å². The summed E-state index contributed by atoms with van der Waals surface area (Å²) in [6.07, 6.45) is 1.43. The molecule has 4 rings (SSSR count). The first kappa shape index (κ1) is 25.9. The minimum absolute atomic E-state index is 0.283. The molecule has 1 aliphatic heterocycles. The fourth-order valence-electron chi connectivity index (χ4n) is 4.24. The zero-order valence-electron chi connectivity index (χ0n) is 20.8.